The van der Waals surface area contributed by atoms with E-state index in [9.17, 15) is 26.3 Å². The Bertz CT molecular complexity index is 1340. The van der Waals surface area contributed by atoms with Crippen LogP contribution < -0.4 is 0 Å². The van der Waals surface area contributed by atoms with Crippen molar-refractivity contribution < 1.29 is 26.3 Å². The maximum atomic E-state index is 13.5. The molecule has 0 N–H and O–H groups in total. The molecule has 0 amide bonds. The summed E-state index contributed by atoms with van der Waals surface area (Å²) in [6.07, 6.45) is -7.25. The molecule has 1 aliphatic carbocycles. The van der Waals surface area contributed by atoms with Crippen molar-refractivity contribution in [3.63, 3.8) is 0 Å². The van der Waals surface area contributed by atoms with E-state index in [1.54, 1.807) is 23.7 Å². The Labute approximate surface area is 217 Å². The smallest absolute Gasteiger partial charge is 0.246 e. The number of hydrogen-bond donors (Lipinski definition) is 0. The van der Waals surface area contributed by atoms with Crippen LogP contribution in [-0.4, -0.2) is 36.4 Å². The number of fused-ring (bicyclic) bond motifs is 1. The van der Waals surface area contributed by atoms with Gasteiger partial charge in [0.05, 0.1) is 34.0 Å². The van der Waals surface area contributed by atoms with E-state index in [1.165, 1.54) is 17.1 Å². The predicted molar refractivity (Wildman–Crippen MR) is 124 cm³/mol. The quantitative estimate of drug-likeness (QED) is 0.308. The molecule has 2 aliphatic rings. The molecule has 37 heavy (non-hydrogen) atoms. The van der Waals surface area contributed by atoms with Gasteiger partial charge in [0, 0.05) is 11.8 Å². The summed E-state index contributed by atoms with van der Waals surface area (Å²) >= 11 is 12.3. The third kappa shape index (κ3) is 4.85. The molecule has 1 unspecified atom stereocenters. The van der Waals surface area contributed by atoms with Gasteiger partial charge in [-0.15, -0.1) is 0 Å². The maximum Gasteiger partial charge on any atom is 0.435 e. The van der Waals surface area contributed by atoms with Crippen LogP contribution in [0.1, 0.15) is 67.7 Å². The lowest BCUT2D eigenvalue weighted by molar-refractivity contribution is -0.183. The van der Waals surface area contributed by atoms with E-state index in [0.29, 0.717) is 17.1 Å². The molecule has 0 saturated heterocycles. The molecule has 198 valence electrons. The van der Waals surface area contributed by atoms with Crippen LogP contribution in [-0.2, 0) is 6.18 Å². The van der Waals surface area contributed by atoms with E-state index >= 15 is 0 Å². The van der Waals surface area contributed by atoms with Crippen molar-refractivity contribution in [2.45, 2.75) is 63.0 Å². The number of benzene rings is 1. The van der Waals surface area contributed by atoms with Crippen molar-refractivity contribution in [2.24, 2.45) is 10.9 Å². The Hall–Kier alpha value is -2.60. The zero-order valence-electron chi connectivity index (χ0n) is 19.2. The Morgan fingerprint density at radius 3 is 2.24 bits per heavy atom. The lowest BCUT2D eigenvalue weighted by atomic mass is 9.84. The van der Waals surface area contributed by atoms with Crippen LogP contribution in [0.2, 0.25) is 10.0 Å². The molecule has 3 heterocycles. The molecule has 5 rings (SSSR count). The molecule has 1 aliphatic heterocycles. The van der Waals surface area contributed by atoms with Gasteiger partial charge < -0.3 is 0 Å². The van der Waals surface area contributed by atoms with Gasteiger partial charge in [-0.25, -0.2) is 19.3 Å². The minimum Gasteiger partial charge on any atom is -0.246 e. The van der Waals surface area contributed by atoms with Gasteiger partial charge in [0.2, 0.25) is 0 Å². The maximum absolute atomic E-state index is 13.5. The summed E-state index contributed by atoms with van der Waals surface area (Å²) in [5.74, 6) is -1.70. The number of alkyl halides is 6. The highest BCUT2D eigenvalue weighted by Gasteiger charge is 2.44. The minimum absolute atomic E-state index is 0.00824. The lowest BCUT2D eigenvalue weighted by Crippen LogP contribution is -2.33. The molecule has 2 atom stereocenters. The summed E-state index contributed by atoms with van der Waals surface area (Å²) in [5.41, 5.74) is -0.130. The number of aromatic nitrogens is 5. The van der Waals surface area contributed by atoms with Crippen LogP contribution in [0.5, 0.6) is 0 Å². The molecule has 6 nitrogen and oxygen atoms in total. The van der Waals surface area contributed by atoms with Gasteiger partial charge in [-0.05, 0) is 50.3 Å². The average Bonchev–Trinajstić information content (AvgIpc) is 3.46. The van der Waals surface area contributed by atoms with E-state index < -0.39 is 35.9 Å². The van der Waals surface area contributed by atoms with E-state index in [4.69, 9.17) is 23.2 Å². The topological polar surface area (TPSA) is 60.9 Å². The summed E-state index contributed by atoms with van der Waals surface area (Å²) in [4.78, 5) is 8.80. The molecule has 1 aromatic carbocycles. The van der Waals surface area contributed by atoms with Crippen LogP contribution in [0, 0.1) is 5.92 Å². The molecular formula is C23H20Cl2F6N6. The Kier molecular flexibility index (Phi) is 6.54. The summed E-state index contributed by atoms with van der Waals surface area (Å²) in [7, 11) is 0. The SMILES string of the molecule is CC1=Nc2cc(C(F)(F)F)nn2[C@H](c2ccc(Cl)c(Cl)c2)C1c1ncnn1C1CCC(C(F)(F)F)CC1. The van der Waals surface area contributed by atoms with Gasteiger partial charge >= 0.3 is 12.4 Å². The first-order valence-electron chi connectivity index (χ1n) is 11.5. The van der Waals surface area contributed by atoms with Gasteiger partial charge in [0.15, 0.2) is 11.5 Å². The van der Waals surface area contributed by atoms with Crippen LogP contribution >= 0.6 is 23.2 Å². The first kappa shape index (κ1) is 26.0. The molecule has 2 aromatic heterocycles. The molecule has 0 bridgehead atoms. The predicted octanol–water partition coefficient (Wildman–Crippen LogP) is 7.57. The number of nitrogens with zero attached hydrogens (tertiary/aromatic N) is 6. The Balaban J connectivity index is 1.58. The zero-order chi connectivity index (χ0) is 26.7. The highest BCUT2D eigenvalue weighted by Crippen LogP contribution is 2.46. The summed E-state index contributed by atoms with van der Waals surface area (Å²) in [6.45, 7) is 1.67. The number of rotatable bonds is 3. The fourth-order valence-corrected chi connectivity index (χ4v) is 5.51. The summed E-state index contributed by atoms with van der Waals surface area (Å²) < 4.78 is 83.0. The standard InChI is InChI=1S/C23H20Cl2F6N6/c1-11-19(21-32-10-33-36(21)14-5-3-13(4-6-14)22(26,27)28)20(12-2-7-15(24)16(25)8-12)37-18(34-11)9-17(35-37)23(29,30)31/h2,7-10,13-14,19-20H,3-6H2,1H3/t13?,14?,19?,20-/m1/s1. The third-order valence-corrected chi connectivity index (χ3v) is 7.74. The summed E-state index contributed by atoms with van der Waals surface area (Å²) in [5, 5.41) is 8.61. The second kappa shape index (κ2) is 9.30. The lowest BCUT2D eigenvalue weighted by Gasteiger charge is -2.34. The van der Waals surface area contributed by atoms with E-state index in [2.05, 4.69) is 20.2 Å². The molecule has 14 heteroatoms. The first-order valence-corrected chi connectivity index (χ1v) is 12.2. The molecule has 0 radical (unpaired) electrons. The number of aliphatic imine (C=N–C) groups is 1. The van der Waals surface area contributed by atoms with Crippen LogP contribution in [0.15, 0.2) is 35.6 Å². The van der Waals surface area contributed by atoms with Crippen molar-refractivity contribution in [1.82, 2.24) is 24.5 Å². The van der Waals surface area contributed by atoms with Crippen molar-refractivity contribution in [3.8, 4) is 0 Å². The minimum atomic E-state index is -4.69. The highest BCUT2D eigenvalue weighted by atomic mass is 35.5. The van der Waals surface area contributed by atoms with Gasteiger partial charge in [-0.1, -0.05) is 29.3 Å². The second-order valence-electron chi connectivity index (χ2n) is 9.29. The van der Waals surface area contributed by atoms with E-state index in [0.717, 1.165) is 6.07 Å². The molecular weight excluding hydrogens is 545 g/mol. The molecule has 3 aromatic rings. The third-order valence-electron chi connectivity index (χ3n) is 7.00. The van der Waals surface area contributed by atoms with Gasteiger partial charge in [-0.2, -0.15) is 36.5 Å². The average molecular weight is 565 g/mol. The fourth-order valence-electron chi connectivity index (χ4n) is 5.20. The zero-order valence-corrected chi connectivity index (χ0v) is 20.7. The van der Waals surface area contributed by atoms with Gasteiger partial charge in [0.1, 0.15) is 12.2 Å². The molecule has 0 spiro atoms. The van der Waals surface area contributed by atoms with Crippen molar-refractivity contribution in [1.29, 1.82) is 0 Å². The number of hydrogen-bond acceptors (Lipinski definition) is 4. The van der Waals surface area contributed by atoms with Crippen molar-refractivity contribution in [2.75, 3.05) is 0 Å². The van der Waals surface area contributed by atoms with Crippen LogP contribution in [0.3, 0.4) is 0 Å². The largest absolute Gasteiger partial charge is 0.435 e. The van der Waals surface area contributed by atoms with Crippen LogP contribution in [0.4, 0.5) is 32.2 Å². The second-order valence-corrected chi connectivity index (χ2v) is 10.1. The Morgan fingerprint density at radius 2 is 1.62 bits per heavy atom. The van der Waals surface area contributed by atoms with Gasteiger partial charge in [0.25, 0.3) is 0 Å². The summed E-state index contributed by atoms with van der Waals surface area (Å²) in [6, 6.07) is 4.41. The highest BCUT2D eigenvalue weighted by molar-refractivity contribution is 6.42. The first-order chi connectivity index (χ1) is 17.3. The van der Waals surface area contributed by atoms with Crippen LogP contribution in [0.25, 0.3) is 0 Å². The van der Waals surface area contributed by atoms with Crippen molar-refractivity contribution in [3.05, 3.63) is 57.7 Å². The fraction of sp³-hybridized carbons (Fsp3) is 0.478. The Morgan fingerprint density at radius 1 is 0.919 bits per heavy atom. The van der Waals surface area contributed by atoms with Crippen molar-refractivity contribution >= 4 is 34.7 Å². The molecule has 1 saturated carbocycles. The van der Waals surface area contributed by atoms with Gasteiger partial charge in [-0.3, -0.25) is 0 Å². The number of halogens is 8. The monoisotopic (exact) mass is 564 g/mol. The van der Waals surface area contributed by atoms with E-state index in [1.807, 2.05) is 0 Å². The van der Waals surface area contributed by atoms with E-state index in [-0.39, 0.29) is 47.6 Å². The normalized spacial score (nSPS) is 24.6. The molecule has 1 fully saturated rings.